The first-order valence-electron chi connectivity index (χ1n) is 15.3. The van der Waals surface area contributed by atoms with Crippen LogP contribution in [-0.2, 0) is 0 Å². The molecular formula is C40H30N4O2. The van der Waals surface area contributed by atoms with Gasteiger partial charge in [0.2, 0.25) is 0 Å². The third-order valence-electron chi connectivity index (χ3n) is 8.05. The maximum atomic E-state index is 6.47. The molecule has 6 aromatic rings. The Morgan fingerprint density at radius 1 is 0.609 bits per heavy atom. The fraction of sp³-hybridized carbons (Fsp3) is 0.0500. The molecule has 6 heteroatoms. The van der Waals surface area contributed by atoms with Crippen molar-refractivity contribution in [3.8, 4) is 39.8 Å². The van der Waals surface area contributed by atoms with E-state index >= 15 is 0 Å². The lowest BCUT2D eigenvalue weighted by Crippen LogP contribution is -2.46. The van der Waals surface area contributed by atoms with E-state index in [0.29, 0.717) is 17.4 Å². The molecule has 0 saturated carbocycles. The second kappa shape index (κ2) is 12.1. The number of allylic oxidation sites excluding steroid dienone is 2. The molecule has 2 atom stereocenters. The fourth-order valence-corrected chi connectivity index (χ4v) is 5.91. The molecule has 8 rings (SSSR count). The summed E-state index contributed by atoms with van der Waals surface area (Å²) in [6, 6.07) is 46.1. The van der Waals surface area contributed by atoms with Gasteiger partial charge in [0.05, 0.1) is 28.8 Å². The Morgan fingerprint density at radius 2 is 1.22 bits per heavy atom. The molecule has 1 N–H and O–H groups in total. The van der Waals surface area contributed by atoms with Gasteiger partial charge in [-0.1, -0.05) is 121 Å². The Bertz CT molecular complexity index is 2050. The van der Waals surface area contributed by atoms with Crippen LogP contribution in [0.5, 0.6) is 17.2 Å². The number of aromatic nitrogens is 2. The number of para-hydroxylation sites is 5. The van der Waals surface area contributed by atoms with Crippen molar-refractivity contribution in [2.75, 3.05) is 10.2 Å². The summed E-state index contributed by atoms with van der Waals surface area (Å²) in [4.78, 5) is 13.1. The molecule has 2 heterocycles. The summed E-state index contributed by atoms with van der Waals surface area (Å²) in [7, 11) is 0. The van der Waals surface area contributed by atoms with Gasteiger partial charge in [-0.15, -0.1) is 0 Å². The summed E-state index contributed by atoms with van der Waals surface area (Å²) in [5.74, 6) is 3.49. The zero-order chi connectivity index (χ0) is 30.7. The number of hydrogen-bond acceptors (Lipinski definition) is 6. The predicted molar refractivity (Wildman–Crippen MR) is 184 cm³/mol. The number of nitrogens with zero attached hydrogens (tertiary/aromatic N) is 3. The van der Waals surface area contributed by atoms with E-state index < -0.39 is 0 Å². The van der Waals surface area contributed by atoms with Gasteiger partial charge in [-0.25, -0.2) is 9.97 Å². The average molecular weight is 599 g/mol. The Labute approximate surface area is 267 Å². The highest BCUT2D eigenvalue weighted by molar-refractivity contribution is 5.87. The van der Waals surface area contributed by atoms with Crippen LogP contribution in [0.4, 0.5) is 23.0 Å². The topological polar surface area (TPSA) is 59.5 Å². The van der Waals surface area contributed by atoms with E-state index in [2.05, 4.69) is 58.8 Å². The summed E-state index contributed by atoms with van der Waals surface area (Å²) in [6.45, 7) is 0. The lowest BCUT2D eigenvalue weighted by Gasteiger charge is -2.42. The smallest absolute Gasteiger partial charge is 0.178 e. The van der Waals surface area contributed by atoms with Crippen LogP contribution in [0.25, 0.3) is 22.5 Å². The minimum Gasteiger partial charge on any atom is -0.482 e. The van der Waals surface area contributed by atoms with E-state index in [4.69, 9.17) is 19.4 Å². The molecule has 0 amide bonds. The quantitative estimate of drug-likeness (QED) is 0.197. The van der Waals surface area contributed by atoms with Gasteiger partial charge < -0.3 is 19.7 Å². The maximum absolute atomic E-state index is 6.47. The number of nitrogens with one attached hydrogen (secondary N) is 1. The molecular weight excluding hydrogens is 568 g/mol. The summed E-state index contributed by atoms with van der Waals surface area (Å²) >= 11 is 0. The number of benzene rings is 5. The molecule has 0 radical (unpaired) electrons. The molecule has 0 fully saturated rings. The summed E-state index contributed by atoms with van der Waals surface area (Å²) in [5, 5.41) is 3.65. The average Bonchev–Trinajstić information content (AvgIpc) is 3.12. The highest BCUT2D eigenvalue weighted by Crippen LogP contribution is 2.46. The normalized spacial score (nSPS) is 16.2. The van der Waals surface area contributed by atoms with Crippen molar-refractivity contribution in [2.45, 2.75) is 12.1 Å². The Morgan fingerprint density at radius 3 is 1.98 bits per heavy atom. The minimum absolute atomic E-state index is 0.142. The van der Waals surface area contributed by atoms with Gasteiger partial charge in [-0.2, -0.15) is 0 Å². The molecule has 222 valence electrons. The van der Waals surface area contributed by atoms with Gasteiger partial charge in [0.25, 0.3) is 0 Å². The number of hydrogen-bond donors (Lipinski definition) is 1. The monoisotopic (exact) mass is 598 g/mol. The van der Waals surface area contributed by atoms with Crippen LogP contribution in [0, 0.1) is 0 Å². The lowest BCUT2D eigenvalue weighted by molar-refractivity contribution is 0.217. The molecule has 2 unspecified atom stereocenters. The third kappa shape index (κ3) is 5.26. The largest absolute Gasteiger partial charge is 0.482 e. The highest BCUT2D eigenvalue weighted by atomic mass is 16.5. The van der Waals surface area contributed by atoms with Crippen LogP contribution in [0.3, 0.4) is 0 Å². The lowest BCUT2D eigenvalue weighted by atomic mass is 9.99. The third-order valence-corrected chi connectivity index (χ3v) is 8.05. The molecule has 0 spiro atoms. The zero-order valence-electron chi connectivity index (χ0n) is 24.9. The van der Waals surface area contributed by atoms with Crippen molar-refractivity contribution in [3.63, 3.8) is 0 Å². The van der Waals surface area contributed by atoms with Gasteiger partial charge in [-0.3, -0.25) is 0 Å². The van der Waals surface area contributed by atoms with Gasteiger partial charge >= 0.3 is 0 Å². The van der Waals surface area contributed by atoms with Crippen molar-refractivity contribution in [1.82, 2.24) is 9.97 Å². The van der Waals surface area contributed by atoms with Crippen LogP contribution in [0.2, 0.25) is 0 Å². The second-order valence-corrected chi connectivity index (χ2v) is 11.0. The van der Waals surface area contributed by atoms with Gasteiger partial charge in [0.15, 0.2) is 17.4 Å². The van der Waals surface area contributed by atoms with Crippen LogP contribution in [-0.4, -0.2) is 22.1 Å². The first-order valence-corrected chi connectivity index (χ1v) is 15.3. The first kappa shape index (κ1) is 27.4. The predicted octanol–water partition coefficient (Wildman–Crippen LogP) is 9.74. The summed E-state index contributed by atoms with van der Waals surface area (Å²) in [5.41, 5.74) is 5.20. The van der Waals surface area contributed by atoms with Crippen LogP contribution < -0.4 is 19.7 Å². The minimum atomic E-state index is -0.197. The van der Waals surface area contributed by atoms with Crippen LogP contribution >= 0.6 is 0 Å². The number of anilines is 4. The van der Waals surface area contributed by atoms with Crippen molar-refractivity contribution in [1.29, 1.82) is 0 Å². The molecule has 5 aromatic carbocycles. The molecule has 46 heavy (non-hydrogen) atoms. The van der Waals surface area contributed by atoms with E-state index in [1.807, 2.05) is 115 Å². The van der Waals surface area contributed by atoms with Crippen LogP contribution in [0.1, 0.15) is 0 Å². The number of rotatable bonds is 7. The van der Waals surface area contributed by atoms with E-state index in [1.165, 1.54) is 0 Å². The maximum Gasteiger partial charge on any atom is 0.178 e. The highest BCUT2D eigenvalue weighted by Gasteiger charge is 2.37. The molecule has 1 aromatic heterocycles. The second-order valence-electron chi connectivity index (χ2n) is 11.0. The van der Waals surface area contributed by atoms with E-state index in [-0.39, 0.29) is 12.1 Å². The Hall–Kier alpha value is -6.14. The fourth-order valence-electron chi connectivity index (χ4n) is 5.91. The molecule has 6 nitrogen and oxygen atoms in total. The molecule has 0 saturated heterocycles. The van der Waals surface area contributed by atoms with Crippen molar-refractivity contribution < 1.29 is 9.47 Å². The first-order chi connectivity index (χ1) is 22.8. The molecule has 1 aliphatic heterocycles. The van der Waals surface area contributed by atoms with E-state index in [9.17, 15) is 0 Å². The standard InChI is InChI=1S/C40H30N4O2/c1-4-16-28(17-5-1)37-38(29-18-6-2-7-19-29)43-40(44-32-23-11-14-26-35(32)46-36-27-15-12-24-33(36)44)39(42-37)41-31-22-10-13-25-34(31)45-30-20-8-3-9-21-30/h1-27,32,35H,(H,41,42). The molecule has 1 aliphatic carbocycles. The van der Waals surface area contributed by atoms with Crippen molar-refractivity contribution in [3.05, 3.63) is 164 Å². The van der Waals surface area contributed by atoms with Crippen molar-refractivity contribution >= 4 is 23.0 Å². The van der Waals surface area contributed by atoms with Gasteiger partial charge in [0.1, 0.15) is 17.6 Å². The van der Waals surface area contributed by atoms with Crippen LogP contribution in [0.15, 0.2) is 164 Å². The molecule has 2 aliphatic rings. The van der Waals surface area contributed by atoms with Gasteiger partial charge in [-0.05, 0) is 42.5 Å². The summed E-state index contributed by atoms with van der Waals surface area (Å²) in [6.07, 6.45) is 8.14. The van der Waals surface area contributed by atoms with E-state index in [0.717, 1.165) is 45.4 Å². The van der Waals surface area contributed by atoms with Crippen molar-refractivity contribution in [2.24, 2.45) is 0 Å². The van der Waals surface area contributed by atoms with Gasteiger partial charge in [0, 0.05) is 11.1 Å². The number of ether oxygens (including phenoxy) is 2. The number of fused-ring (bicyclic) bond motifs is 2. The Balaban J connectivity index is 1.36. The Kier molecular flexibility index (Phi) is 7.21. The zero-order valence-corrected chi connectivity index (χ0v) is 24.9. The summed E-state index contributed by atoms with van der Waals surface area (Å²) < 4.78 is 12.8. The molecule has 0 bridgehead atoms. The van der Waals surface area contributed by atoms with E-state index in [1.54, 1.807) is 0 Å². The SMILES string of the molecule is C1=CC2Oc3ccccc3N(c3nc(-c4ccccc4)c(-c4ccccc4)nc3Nc3ccccc3Oc3ccccc3)C2C=C1.